The summed E-state index contributed by atoms with van der Waals surface area (Å²) in [5.41, 5.74) is 5.21. The third-order valence-electron chi connectivity index (χ3n) is 5.85. The number of fused-ring (bicyclic) bond motifs is 1. The molecule has 1 aliphatic rings. The van der Waals surface area contributed by atoms with Gasteiger partial charge in [-0.3, -0.25) is 0 Å². The molecule has 0 aliphatic heterocycles. The molecule has 0 saturated carbocycles. The van der Waals surface area contributed by atoms with E-state index in [0.717, 1.165) is 6.42 Å². The average molecular weight is 439 g/mol. The normalized spacial score (nSPS) is 20.1. The Morgan fingerprint density at radius 1 is 1.04 bits per heavy atom. The summed E-state index contributed by atoms with van der Waals surface area (Å²) in [7, 11) is -0.756. The molecule has 0 bridgehead atoms. The molecule has 2 rings (SSSR count). The van der Waals surface area contributed by atoms with E-state index in [1.807, 2.05) is 0 Å². The molecule has 1 unspecified atom stereocenters. The Balaban J connectivity index is 2.49. The van der Waals surface area contributed by atoms with Crippen molar-refractivity contribution in [3.05, 3.63) is 33.3 Å². The van der Waals surface area contributed by atoms with Gasteiger partial charge in [0.05, 0.1) is 6.10 Å². The Morgan fingerprint density at radius 2 is 1.54 bits per heavy atom. The zero-order valence-electron chi connectivity index (χ0n) is 18.3. The molecule has 0 amide bonds. The molecule has 0 aromatic heterocycles. The Hall–Kier alpha value is -0.123. The minimum Gasteiger partial charge on any atom is -0.410 e. The summed E-state index contributed by atoms with van der Waals surface area (Å²) in [6.45, 7) is 21.0. The van der Waals surface area contributed by atoms with Gasteiger partial charge in [-0.25, -0.2) is 0 Å². The average Bonchev–Trinajstić information content (AvgIpc) is 2.47. The highest BCUT2D eigenvalue weighted by Crippen LogP contribution is 2.48. The smallest absolute Gasteiger partial charge is 0.205 e. The quantitative estimate of drug-likeness (QED) is 0.424. The second kappa shape index (κ2) is 7.71. The zero-order chi connectivity index (χ0) is 19.9. The molecule has 0 saturated heterocycles. The van der Waals surface area contributed by atoms with Gasteiger partial charge in [0, 0.05) is 4.47 Å². The first-order valence-corrected chi connectivity index (χ1v) is 13.2. The maximum absolute atomic E-state index is 6.50. The summed E-state index contributed by atoms with van der Waals surface area (Å²) in [6.07, 6.45) is 4.95. The molecule has 147 valence electrons. The molecule has 26 heavy (non-hydrogen) atoms. The van der Waals surface area contributed by atoms with Crippen LogP contribution in [0.25, 0.3) is 0 Å². The monoisotopic (exact) mass is 437 g/mol. The topological polar surface area (TPSA) is 9.23 Å². The molecule has 0 N–H and O–H groups in total. The maximum atomic E-state index is 6.50. The summed E-state index contributed by atoms with van der Waals surface area (Å²) in [5, 5.41) is 0. The van der Waals surface area contributed by atoms with E-state index in [4.69, 9.17) is 4.43 Å². The lowest BCUT2D eigenvalue weighted by Crippen LogP contribution is -2.34. The summed E-state index contributed by atoms with van der Waals surface area (Å²) in [4.78, 5) is 0. The van der Waals surface area contributed by atoms with Crippen molar-refractivity contribution in [2.45, 2.75) is 104 Å². The molecule has 0 spiro atoms. The van der Waals surface area contributed by atoms with Crippen LogP contribution in [0, 0.1) is 5.41 Å². The third-order valence-corrected chi connectivity index (χ3v) is 7.29. The lowest BCUT2D eigenvalue weighted by molar-refractivity contribution is 0.173. The lowest BCUT2D eigenvalue weighted by atomic mass is 9.63. The number of hydrogen-bond acceptors (Lipinski definition) is 1. The van der Waals surface area contributed by atoms with Crippen molar-refractivity contribution in [1.29, 1.82) is 0 Å². The molecule has 1 aromatic carbocycles. The minimum absolute atomic E-state index is 0.193. The Morgan fingerprint density at radius 3 is 2.00 bits per heavy atom. The van der Waals surface area contributed by atoms with Crippen molar-refractivity contribution in [2.75, 3.05) is 0 Å². The van der Waals surface area contributed by atoms with E-state index >= 15 is 0 Å². The number of halogens is 1. The van der Waals surface area contributed by atoms with Gasteiger partial charge in [0.15, 0.2) is 0 Å². The molecule has 1 radical (unpaired) electrons. The Kier molecular flexibility index (Phi) is 6.58. The van der Waals surface area contributed by atoms with Gasteiger partial charge in [-0.15, -0.1) is 0 Å². The van der Waals surface area contributed by atoms with E-state index in [2.05, 4.69) is 89.6 Å². The van der Waals surface area contributed by atoms with Gasteiger partial charge >= 0.3 is 0 Å². The van der Waals surface area contributed by atoms with Crippen molar-refractivity contribution >= 4 is 25.0 Å². The van der Waals surface area contributed by atoms with Gasteiger partial charge in [0.2, 0.25) is 9.04 Å². The van der Waals surface area contributed by atoms with Gasteiger partial charge in [0.25, 0.3) is 0 Å². The minimum atomic E-state index is -0.756. The van der Waals surface area contributed by atoms with Crippen LogP contribution in [-0.4, -0.2) is 9.04 Å². The van der Waals surface area contributed by atoms with Gasteiger partial charge in [-0.2, -0.15) is 0 Å². The lowest BCUT2D eigenvalue weighted by Gasteiger charge is -2.42. The SMILES string of the molecule is C[Si](C)OC(CCC(C)(C)C)c1cc2c(cc1Br)C(C)(C)CCC2(C)C. The molecular formula is C23H38BrOSi. The first kappa shape index (κ1) is 22.2. The molecule has 1 nitrogen and oxygen atoms in total. The molecule has 1 aromatic rings. The third kappa shape index (κ3) is 5.23. The van der Waals surface area contributed by atoms with Crippen LogP contribution >= 0.6 is 15.9 Å². The Labute approximate surface area is 172 Å². The molecule has 3 heteroatoms. The van der Waals surface area contributed by atoms with Gasteiger partial charge < -0.3 is 4.43 Å². The van der Waals surface area contributed by atoms with Crippen molar-refractivity contribution in [2.24, 2.45) is 5.41 Å². The predicted octanol–water partition coefficient (Wildman–Crippen LogP) is 7.93. The van der Waals surface area contributed by atoms with Crippen LogP contribution in [-0.2, 0) is 15.3 Å². The van der Waals surface area contributed by atoms with Crippen molar-refractivity contribution in [3.8, 4) is 0 Å². The fourth-order valence-electron chi connectivity index (χ4n) is 3.98. The van der Waals surface area contributed by atoms with E-state index in [0.29, 0.717) is 5.41 Å². The van der Waals surface area contributed by atoms with Crippen LogP contribution in [0.4, 0.5) is 0 Å². The molecule has 1 aliphatic carbocycles. The second-order valence-electron chi connectivity index (χ2n) is 10.8. The largest absolute Gasteiger partial charge is 0.410 e. The molecular weight excluding hydrogens is 400 g/mol. The van der Waals surface area contributed by atoms with Gasteiger partial charge in [0.1, 0.15) is 0 Å². The standard InChI is InChI=1S/C23H38BrOSi/c1-21(2,3)11-10-20(25-26(8)9)16-14-17-18(15-19(16)24)23(6,7)13-12-22(17,4)5/h14-15,20H,10-13H2,1-9H3. The molecule has 0 heterocycles. The van der Waals surface area contributed by atoms with Crippen molar-refractivity contribution < 1.29 is 4.43 Å². The predicted molar refractivity (Wildman–Crippen MR) is 119 cm³/mol. The van der Waals surface area contributed by atoms with Crippen molar-refractivity contribution in [1.82, 2.24) is 0 Å². The van der Waals surface area contributed by atoms with Crippen LogP contribution in [0.15, 0.2) is 16.6 Å². The summed E-state index contributed by atoms with van der Waals surface area (Å²) < 4.78 is 7.72. The van der Waals surface area contributed by atoms with Crippen LogP contribution in [0.2, 0.25) is 13.1 Å². The highest BCUT2D eigenvalue weighted by Gasteiger charge is 2.38. The zero-order valence-corrected chi connectivity index (χ0v) is 20.9. The van der Waals surface area contributed by atoms with Crippen LogP contribution in [0.5, 0.6) is 0 Å². The second-order valence-corrected chi connectivity index (χ2v) is 13.7. The maximum Gasteiger partial charge on any atom is 0.205 e. The van der Waals surface area contributed by atoms with E-state index in [1.54, 1.807) is 0 Å². The van der Waals surface area contributed by atoms with E-state index in [9.17, 15) is 0 Å². The van der Waals surface area contributed by atoms with Crippen LogP contribution < -0.4 is 0 Å². The fraction of sp³-hybridized carbons (Fsp3) is 0.739. The van der Waals surface area contributed by atoms with Gasteiger partial charge in [-0.05, 0) is 77.8 Å². The van der Waals surface area contributed by atoms with Crippen LogP contribution in [0.3, 0.4) is 0 Å². The summed E-state index contributed by atoms with van der Waals surface area (Å²) >= 11 is 3.91. The highest BCUT2D eigenvalue weighted by molar-refractivity contribution is 9.10. The van der Waals surface area contributed by atoms with Crippen molar-refractivity contribution in [3.63, 3.8) is 0 Å². The fourth-order valence-corrected chi connectivity index (χ4v) is 5.39. The Bertz CT molecular complexity index is 640. The molecule has 1 atom stereocenters. The highest BCUT2D eigenvalue weighted by atomic mass is 79.9. The van der Waals surface area contributed by atoms with E-state index < -0.39 is 9.04 Å². The number of benzene rings is 1. The summed E-state index contributed by atoms with van der Waals surface area (Å²) in [6, 6.07) is 4.87. The number of rotatable bonds is 5. The van der Waals surface area contributed by atoms with E-state index in [1.165, 1.54) is 40.4 Å². The van der Waals surface area contributed by atoms with E-state index in [-0.39, 0.29) is 16.9 Å². The summed E-state index contributed by atoms with van der Waals surface area (Å²) in [5.74, 6) is 0. The first-order chi connectivity index (χ1) is 11.7. The first-order valence-electron chi connectivity index (χ1n) is 10.0. The van der Waals surface area contributed by atoms with Crippen LogP contribution in [0.1, 0.15) is 96.9 Å². The van der Waals surface area contributed by atoms with Gasteiger partial charge in [-0.1, -0.05) is 70.5 Å². The number of hydrogen-bond donors (Lipinski definition) is 0. The molecule has 0 fully saturated rings.